The fourth-order valence-electron chi connectivity index (χ4n) is 1.48. The number of aromatic nitrogens is 1. The SMILES string of the molecule is N#Cc1cc(C(F)(F)F)ccc1Sc1ncccc1N. The number of nitrogens with zero attached hydrogens (tertiary/aromatic N) is 2. The Morgan fingerprint density at radius 1 is 1.25 bits per heavy atom. The number of hydrogen-bond donors (Lipinski definition) is 1. The average molecular weight is 295 g/mol. The monoisotopic (exact) mass is 295 g/mol. The third-order valence-corrected chi connectivity index (χ3v) is 3.54. The molecule has 1 aromatic carbocycles. The summed E-state index contributed by atoms with van der Waals surface area (Å²) in [6.45, 7) is 0. The quantitative estimate of drug-likeness (QED) is 0.917. The molecule has 0 aliphatic carbocycles. The molecule has 0 atom stereocenters. The van der Waals surface area contributed by atoms with E-state index in [-0.39, 0.29) is 5.56 Å². The van der Waals surface area contributed by atoms with Crippen molar-refractivity contribution in [3.8, 4) is 6.07 Å². The van der Waals surface area contributed by atoms with Crippen LogP contribution in [0.1, 0.15) is 11.1 Å². The topological polar surface area (TPSA) is 62.7 Å². The highest BCUT2D eigenvalue weighted by Crippen LogP contribution is 2.36. The van der Waals surface area contributed by atoms with Gasteiger partial charge >= 0.3 is 6.18 Å². The van der Waals surface area contributed by atoms with Crippen LogP contribution in [0.25, 0.3) is 0 Å². The smallest absolute Gasteiger partial charge is 0.397 e. The van der Waals surface area contributed by atoms with Crippen molar-refractivity contribution in [2.45, 2.75) is 16.1 Å². The van der Waals surface area contributed by atoms with Crippen molar-refractivity contribution >= 4 is 17.4 Å². The maximum absolute atomic E-state index is 12.6. The Kier molecular flexibility index (Phi) is 3.86. The summed E-state index contributed by atoms with van der Waals surface area (Å²) in [5.74, 6) is 0. The van der Waals surface area contributed by atoms with E-state index in [9.17, 15) is 13.2 Å². The predicted molar refractivity (Wildman–Crippen MR) is 68.9 cm³/mol. The van der Waals surface area contributed by atoms with Crippen LogP contribution in [0.3, 0.4) is 0 Å². The van der Waals surface area contributed by atoms with Gasteiger partial charge in [-0.1, -0.05) is 11.8 Å². The lowest BCUT2D eigenvalue weighted by molar-refractivity contribution is -0.137. The largest absolute Gasteiger partial charge is 0.416 e. The second-order valence-electron chi connectivity index (χ2n) is 3.82. The molecule has 0 fully saturated rings. The standard InChI is InChI=1S/C13H8F3N3S/c14-13(15,16)9-3-4-11(8(6-9)7-17)20-12-10(18)2-1-5-19-12/h1-6H,18H2. The van der Waals surface area contributed by atoms with Crippen LogP contribution in [0.15, 0.2) is 46.5 Å². The minimum absolute atomic E-state index is 0.0603. The highest BCUT2D eigenvalue weighted by molar-refractivity contribution is 7.99. The molecular weight excluding hydrogens is 287 g/mol. The van der Waals surface area contributed by atoms with E-state index in [4.69, 9.17) is 11.0 Å². The predicted octanol–water partition coefficient (Wildman–Crippen LogP) is 3.71. The van der Waals surface area contributed by atoms with Crippen molar-refractivity contribution in [3.63, 3.8) is 0 Å². The molecule has 2 N–H and O–H groups in total. The summed E-state index contributed by atoms with van der Waals surface area (Å²) in [5, 5.41) is 9.42. The molecule has 3 nitrogen and oxygen atoms in total. The lowest BCUT2D eigenvalue weighted by Crippen LogP contribution is -2.05. The van der Waals surface area contributed by atoms with E-state index in [0.29, 0.717) is 15.6 Å². The number of anilines is 1. The van der Waals surface area contributed by atoms with Crippen molar-refractivity contribution in [1.29, 1.82) is 5.26 Å². The van der Waals surface area contributed by atoms with Gasteiger partial charge in [0, 0.05) is 11.1 Å². The molecule has 1 heterocycles. The number of halogens is 3. The Balaban J connectivity index is 2.39. The Morgan fingerprint density at radius 3 is 2.60 bits per heavy atom. The van der Waals surface area contributed by atoms with Crippen LogP contribution >= 0.6 is 11.8 Å². The van der Waals surface area contributed by atoms with E-state index >= 15 is 0 Å². The first-order valence-electron chi connectivity index (χ1n) is 5.41. The molecule has 0 saturated carbocycles. The van der Waals surface area contributed by atoms with Crippen molar-refractivity contribution in [2.24, 2.45) is 0 Å². The molecule has 2 rings (SSSR count). The van der Waals surface area contributed by atoms with Crippen molar-refractivity contribution in [3.05, 3.63) is 47.7 Å². The van der Waals surface area contributed by atoms with Crippen LogP contribution in [-0.4, -0.2) is 4.98 Å². The molecule has 102 valence electrons. The van der Waals surface area contributed by atoms with Gasteiger partial charge in [0.1, 0.15) is 11.1 Å². The van der Waals surface area contributed by atoms with E-state index in [1.54, 1.807) is 18.2 Å². The molecule has 1 aromatic heterocycles. The average Bonchev–Trinajstić information content (AvgIpc) is 2.40. The second kappa shape index (κ2) is 5.43. The van der Waals surface area contributed by atoms with Crippen molar-refractivity contribution in [1.82, 2.24) is 4.98 Å². The third kappa shape index (κ3) is 3.03. The Bertz CT molecular complexity index is 677. The van der Waals surface area contributed by atoms with Gasteiger partial charge in [0.15, 0.2) is 0 Å². The zero-order valence-corrected chi connectivity index (χ0v) is 10.8. The van der Waals surface area contributed by atoms with Gasteiger partial charge in [-0.3, -0.25) is 0 Å². The Labute approximate surface area is 117 Å². The van der Waals surface area contributed by atoms with Crippen LogP contribution in [0.2, 0.25) is 0 Å². The summed E-state index contributed by atoms with van der Waals surface area (Å²) in [6, 6.07) is 8.04. The Morgan fingerprint density at radius 2 is 2.00 bits per heavy atom. The van der Waals surface area contributed by atoms with Gasteiger partial charge in [0.25, 0.3) is 0 Å². The summed E-state index contributed by atoms with van der Waals surface area (Å²) in [5.41, 5.74) is 5.20. The lowest BCUT2D eigenvalue weighted by Gasteiger charge is -2.10. The van der Waals surface area contributed by atoms with E-state index in [1.165, 1.54) is 12.3 Å². The molecule has 0 unspecified atom stereocenters. The summed E-state index contributed by atoms with van der Waals surface area (Å²) >= 11 is 1.06. The van der Waals surface area contributed by atoms with Gasteiger partial charge in [-0.25, -0.2) is 4.98 Å². The Hall–Kier alpha value is -2.20. The maximum Gasteiger partial charge on any atom is 0.416 e. The van der Waals surface area contributed by atoms with Crippen LogP contribution in [0, 0.1) is 11.3 Å². The molecule has 0 saturated heterocycles. The zero-order chi connectivity index (χ0) is 14.8. The molecular formula is C13H8F3N3S. The number of nitrogen functional groups attached to an aromatic ring is 1. The number of rotatable bonds is 2. The fourth-order valence-corrected chi connectivity index (χ4v) is 2.33. The first-order valence-corrected chi connectivity index (χ1v) is 6.23. The molecule has 0 spiro atoms. The van der Waals surface area contributed by atoms with Gasteiger partial charge < -0.3 is 5.73 Å². The molecule has 2 aromatic rings. The summed E-state index contributed by atoms with van der Waals surface area (Å²) in [6.07, 6.45) is -2.95. The molecule has 0 aliphatic rings. The molecule has 0 bridgehead atoms. The van der Waals surface area contributed by atoms with E-state index in [0.717, 1.165) is 23.9 Å². The number of pyridine rings is 1. The van der Waals surface area contributed by atoms with Crippen LogP contribution in [0.5, 0.6) is 0 Å². The van der Waals surface area contributed by atoms with Crippen molar-refractivity contribution in [2.75, 3.05) is 5.73 Å². The lowest BCUT2D eigenvalue weighted by atomic mass is 10.1. The molecule has 0 radical (unpaired) electrons. The highest BCUT2D eigenvalue weighted by atomic mass is 32.2. The minimum Gasteiger partial charge on any atom is -0.397 e. The molecule has 20 heavy (non-hydrogen) atoms. The summed E-state index contributed by atoms with van der Waals surface area (Å²) < 4.78 is 37.7. The van der Waals surface area contributed by atoms with E-state index < -0.39 is 11.7 Å². The number of hydrogen-bond acceptors (Lipinski definition) is 4. The van der Waals surface area contributed by atoms with Gasteiger partial charge in [-0.05, 0) is 30.3 Å². The van der Waals surface area contributed by atoms with Gasteiger partial charge in [0.05, 0.1) is 16.8 Å². The van der Waals surface area contributed by atoms with Gasteiger partial charge in [0.2, 0.25) is 0 Å². The number of nitrogens with two attached hydrogens (primary N) is 1. The fraction of sp³-hybridized carbons (Fsp3) is 0.0769. The van der Waals surface area contributed by atoms with Crippen LogP contribution in [-0.2, 0) is 6.18 Å². The van der Waals surface area contributed by atoms with Crippen LogP contribution < -0.4 is 5.73 Å². The summed E-state index contributed by atoms with van der Waals surface area (Å²) in [7, 11) is 0. The molecule has 7 heteroatoms. The third-order valence-electron chi connectivity index (χ3n) is 2.43. The van der Waals surface area contributed by atoms with E-state index in [2.05, 4.69) is 4.98 Å². The number of benzene rings is 1. The first-order chi connectivity index (χ1) is 9.41. The maximum atomic E-state index is 12.6. The van der Waals surface area contributed by atoms with Crippen LogP contribution in [0.4, 0.5) is 18.9 Å². The molecule has 0 aliphatic heterocycles. The second-order valence-corrected chi connectivity index (χ2v) is 4.85. The summed E-state index contributed by atoms with van der Waals surface area (Å²) in [4.78, 5) is 4.41. The normalized spacial score (nSPS) is 11.1. The van der Waals surface area contributed by atoms with E-state index in [1.807, 2.05) is 0 Å². The number of nitriles is 1. The van der Waals surface area contributed by atoms with Gasteiger partial charge in [-0.15, -0.1) is 0 Å². The first kappa shape index (κ1) is 14.2. The minimum atomic E-state index is -4.47. The zero-order valence-electron chi connectivity index (χ0n) is 9.98. The highest BCUT2D eigenvalue weighted by Gasteiger charge is 2.31. The molecule has 0 amide bonds. The number of alkyl halides is 3. The van der Waals surface area contributed by atoms with Gasteiger partial charge in [-0.2, -0.15) is 18.4 Å². The van der Waals surface area contributed by atoms with Crippen molar-refractivity contribution < 1.29 is 13.2 Å².